The molecule has 0 aliphatic carbocycles. The molecule has 0 saturated carbocycles. The second-order valence-corrected chi connectivity index (χ2v) is 11.1. The number of carbonyl (C=O) groups excluding carboxylic acids is 2. The summed E-state index contributed by atoms with van der Waals surface area (Å²) >= 11 is 0. The van der Waals surface area contributed by atoms with Gasteiger partial charge in [0.15, 0.2) is 6.61 Å². The van der Waals surface area contributed by atoms with Crippen molar-refractivity contribution in [2.45, 2.75) is 57.0 Å². The molecule has 0 bridgehead atoms. The monoisotopic (exact) mass is 472 g/mol. The molecule has 0 unspecified atom stereocenters. The Labute approximate surface area is 196 Å². The van der Waals surface area contributed by atoms with E-state index in [-0.39, 0.29) is 16.4 Å². The Morgan fingerprint density at radius 1 is 0.939 bits per heavy atom. The summed E-state index contributed by atoms with van der Waals surface area (Å²) in [4.78, 5) is 27.2. The Kier molecular flexibility index (Phi) is 7.92. The van der Waals surface area contributed by atoms with Crippen molar-refractivity contribution in [2.75, 3.05) is 19.7 Å². The van der Waals surface area contributed by atoms with Gasteiger partial charge in [0, 0.05) is 25.2 Å². The summed E-state index contributed by atoms with van der Waals surface area (Å²) in [6, 6.07) is 15.3. The molecule has 0 atom stereocenters. The first-order valence-corrected chi connectivity index (χ1v) is 12.6. The number of hydrogen-bond acceptors (Lipinski definition) is 5. The zero-order chi connectivity index (χ0) is 24.1. The lowest BCUT2D eigenvalue weighted by atomic mass is 10.0. The highest BCUT2D eigenvalue weighted by molar-refractivity contribution is 7.89. The van der Waals surface area contributed by atoms with Crippen molar-refractivity contribution in [1.29, 1.82) is 0 Å². The Hall–Kier alpha value is -2.71. The molecule has 1 fully saturated rings. The summed E-state index contributed by atoms with van der Waals surface area (Å²) in [7, 11) is -3.57. The van der Waals surface area contributed by atoms with Gasteiger partial charge >= 0.3 is 5.97 Å². The molecular weight excluding hydrogens is 440 g/mol. The van der Waals surface area contributed by atoms with E-state index in [0.29, 0.717) is 19.6 Å². The normalized spacial score (nSPS) is 15.1. The van der Waals surface area contributed by atoms with Crippen LogP contribution in [0.15, 0.2) is 59.5 Å². The summed E-state index contributed by atoms with van der Waals surface area (Å²) in [5.74, 6) is -0.970. The minimum atomic E-state index is -3.57. The zero-order valence-electron chi connectivity index (χ0n) is 19.5. The number of nitrogens with zero attached hydrogens (tertiary/aromatic N) is 2. The largest absolute Gasteiger partial charge is 0.452 e. The molecule has 7 nitrogen and oxygen atoms in total. The van der Waals surface area contributed by atoms with Crippen LogP contribution in [-0.4, -0.2) is 54.7 Å². The van der Waals surface area contributed by atoms with Gasteiger partial charge in [0.25, 0.3) is 5.91 Å². The van der Waals surface area contributed by atoms with E-state index in [2.05, 4.69) is 0 Å². The number of rotatable bonds is 7. The Balaban J connectivity index is 1.62. The van der Waals surface area contributed by atoms with Crippen molar-refractivity contribution < 1.29 is 22.7 Å². The van der Waals surface area contributed by atoms with Crippen molar-refractivity contribution >= 4 is 21.9 Å². The van der Waals surface area contributed by atoms with Crippen LogP contribution in [0.2, 0.25) is 0 Å². The van der Waals surface area contributed by atoms with Gasteiger partial charge in [0.2, 0.25) is 10.0 Å². The SMILES string of the molecule is CC(C)(C)N(Cc1ccccc1)C(=O)COC(=O)c1ccc(S(=O)(=O)N2CCCCC2)cc1. The predicted molar refractivity (Wildman–Crippen MR) is 126 cm³/mol. The molecule has 0 aromatic heterocycles. The zero-order valence-corrected chi connectivity index (χ0v) is 20.3. The van der Waals surface area contributed by atoms with Crippen LogP contribution in [0.1, 0.15) is 56.0 Å². The highest BCUT2D eigenvalue weighted by Crippen LogP contribution is 2.21. The molecule has 1 aliphatic rings. The summed E-state index contributed by atoms with van der Waals surface area (Å²) in [6.45, 7) is 6.83. The maximum Gasteiger partial charge on any atom is 0.338 e. The first kappa shape index (κ1) is 24.9. The molecule has 33 heavy (non-hydrogen) atoms. The number of piperidine rings is 1. The van der Waals surface area contributed by atoms with E-state index in [4.69, 9.17) is 4.74 Å². The van der Waals surface area contributed by atoms with Crippen molar-refractivity contribution in [3.63, 3.8) is 0 Å². The van der Waals surface area contributed by atoms with Gasteiger partial charge < -0.3 is 9.64 Å². The van der Waals surface area contributed by atoms with Gasteiger partial charge in [-0.05, 0) is 63.4 Å². The molecule has 178 valence electrons. The fourth-order valence-corrected chi connectivity index (χ4v) is 5.29. The lowest BCUT2D eigenvalue weighted by molar-refractivity contribution is -0.140. The van der Waals surface area contributed by atoms with E-state index in [1.165, 1.54) is 28.6 Å². The van der Waals surface area contributed by atoms with Crippen LogP contribution < -0.4 is 0 Å². The second-order valence-electron chi connectivity index (χ2n) is 9.20. The van der Waals surface area contributed by atoms with E-state index in [9.17, 15) is 18.0 Å². The van der Waals surface area contributed by atoms with Crippen molar-refractivity contribution in [1.82, 2.24) is 9.21 Å². The topological polar surface area (TPSA) is 84.0 Å². The summed E-state index contributed by atoms with van der Waals surface area (Å²) in [6.07, 6.45) is 2.74. The van der Waals surface area contributed by atoms with E-state index in [1.807, 2.05) is 51.1 Å². The molecule has 1 saturated heterocycles. The van der Waals surface area contributed by atoms with E-state index >= 15 is 0 Å². The molecule has 1 aliphatic heterocycles. The molecule has 0 N–H and O–H groups in total. The van der Waals surface area contributed by atoms with Gasteiger partial charge in [0.05, 0.1) is 10.5 Å². The van der Waals surface area contributed by atoms with Crippen LogP contribution in [0.25, 0.3) is 0 Å². The Bertz CT molecular complexity index is 1050. The highest BCUT2D eigenvalue weighted by Gasteiger charge is 2.28. The number of sulfonamides is 1. The number of carbonyl (C=O) groups is 2. The van der Waals surface area contributed by atoms with Crippen molar-refractivity contribution in [2.24, 2.45) is 0 Å². The molecular formula is C25H32N2O5S. The maximum absolute atomic E-state index is 12.9. The minimum absolute atomic E-state index is 0.152. The molecule has 1 amide bonds. The second kappa shape index (κ2) is 10.5. The number of hydrogen-bond donors (Lipinski definition) is 0. The first-order valence-electron chi connectivity index (χ1n) is 11.2. The Morgan fingerprint density at radius 2 is 1.55 bits per heavy atom. The molecule has 1 heterocycles. The van der Waals surface area contributed by atoms with Gasteiger partial charge in [-0.1, -0.05) is 36.8 Å². The van der Waals surface area contributed by atoms with Crippen LogP contribution in [0.4, 0.5) is 0 Å². The molecule has 0 radical (unpaired) electrons. The van der Waals surface area contributed by atoms with Crippen molar-refractivity contribution in [3.05, 3.63) is 65.7 Å². The van der Waals surface area contributed by atoms with Gasteiger partial charge in [0.1, 0.15) is 0 Å². The van der Waals surface area contributed by atoms with Crippen LogP contribution in [0, 0.1) is 0 Å². The smallest absolute Gasteiger partial charge is 0.338 e. The van der Waals surface area contributed by atoms with Crippen molar-refractivity contribution in [3.8, 4) is 0 Å². The average Bonchev–Trinajstić information content (AvgIpc) is 2.81. The van der Waals surface area contributed by atoms with Crippen LogP contribution in [0.3, 0.4) is 0 Å². The van der Waals surface area contributed by atoms with Gasteiger partial charge in [-0.2, -0.15) is 4.31 Å². The number of esters is 1. The van der Waals surface area contributed by atoms with E-state index in [0.717, 1.165) is 24.8 Å². The van der Waals surface area contributed by atoms with Crippen LogP contribution >= 0.6 is 0 Å². The number of benzene rings is 2. The van der Waals surface area contributed by atoms with E-state index < -0.39 is 28.1 Å². The molecule has 0 spiro atoms. The Morgan fingerprint density at radius 3 is 2.12 bits per heavy atom. The molecule has 8 heteroatoms. The molecule has 2 aromatic carbocycles. The van der Waals surface area contributed by atoms with E-state index in [1.54, 1.807) is 4.90 Å². The quantitative estimate of drug-likeness (QED) is 0.572. The summed E-state index contributed by atoms with van der Waals surface area (Å²) in [5, 5.41) is 0. The fraction of sp³-hybridized carbons (Fsp3) is 0.440. The summed E-state index contributed by atoms with van der Waals surface area (Å²) < 4.78 is 32.3. The minimum Gasteiger partial charge on any atom is -0.452 e. The summed E-state index contributed by atoms with van der Waals surface area (Å²) in [5.41, 5.74) is 0.729. The third kappa shape index (κ3) is 6.42. The third-order valence-electron chi connectivity index (χ3n) is 5.66. The fourth-order valence-electron chi connectivity index (χ4n) is 3.77. The first-order chi connectivity index (χ1) is 15.6. The standard InChI is InChI=1S/C25H32N2O5S/c1-25(2,3)27(18-20-10-6-4-7-11-20)23(28)19-32-24(29)21-12-14-22(15-13-21)33(30,31)26-16-8-5-9-17-26/h4,6-7,10-15H,5,8-9,16-19H2,1-3H3. The highest BCUT2D eigenvalue weighted by atomic mass is 32.2. The number of ether oxygens (including phenoxy) is 1. The van der Waals surface area contributed by atoms with Crippen LogP contribution in [-0.2, 0) is 26.1 Å². The average molecular weight is 473 g/mol. The molecule has 3 rings (SSSR count). The lowest BCUT2D eigenvalue weighted by Crippen LogP contribution is -2.46. The number of amides is 1. The van der Waals surface area contributed by atoms with Gasteiger partial charge in [-0.3, -0.25) is 4.79 Å². The predicted octanol–water partition coefficient (Wildman–Crippen LogP) is 3.85. The maximum atomic E-state index is 12.9. The third-order valence-corrected chi connectivity index (χ3v) is 7.58. The lowest BCUT2D eigenvalue weighted by Gasteiger charge is -2.35. The van der Waals surface area contributed by atoms with Gasteiger partial charge in [-0.15, -0.1) is 0 Å². The molecule has 2 aromatic rings. The van der Waals surface area contributed by atoms with Gasteiger partial charge in [-0.25, -0.2) is 13.2 Å². The van der Waals surface area contributed by atoms with Crippen LogP contribution in [0.5, 0.6) is 0 Å².